The van der Waals surface area contributed by atoms with E-state index in [1.54, 1.807) is 0 Å². The van der Waals surface area contributed by atoms with Crippen molar-refractivity contribution >= 4 is 11.9 Å². The SMILES string of the molecule is CCC#Cc1ccc(NC2CCCCO2)c(C=N)c1. The summed E-state index contributed by atoms with van der Waals surface area (Å²) < 4.78 is 5.66. The molecule has 1 saturated heterocycles. The Balaban J connectivity index is 2.13. The molecule has 1 aromatic carbocycles. The van der Waals surface area contributed by atoms with Crippen molar-refractivity contribution in [3.05, 3.63) is 29.3 Å². The fourth-order valence-corrected chi connectivity index (χ4v) is 2.11. The van der Waals surface area contributed by atoms with Crippen molar-refractivity contribution in [2.75, 3.05) is 11.9 Å². The van der Waals surface area contributed by atoms with Gasteiger partial charge in [0.05, 0.1) is 0 Å². The Kier molecular flexibility index (Phi) is 5.00. The lowest BCUT2D eigenvalue weighted by Gasteiger charge is -2.25. The van der Waals surface area contributed by atoms with Crippen LogP contribution in [0.15, 0.2) is 18.2 Å². The average Bonchev–Trinajstić information content (AvgIpc) is 2.47. The third-order valence-corrected chi connectivity index (χ3v) is 3.11. The maximum atomic E-state index is 7.52. The molecule has 0 spiro atoms. The molecule has 100 valence electrons. The molecule has 1 unspecified atom stereocenters. The van der Waals surface area contributed by atoms with Crippen LogP contribution >= 0.6 is 0 Å². The number of rotatable bonds is 3. The minimum atomic E-state index is 0.0695. The number of ether oxygens (including phenoxy) is 1. The minimum Gasteiger partial charge on any atom is -0.360 e. The standard InChI is InChI=1S/C16H20N2O/c1-2-3-6-13-8-9-15(14(11-13)12-17)18-16-7-4-5-10-19-16/h8-9,11-12,16-18H,2,4-5,7,10H2,1H3. The highest BCUT2D eigenvalue weighted by Gasteiger charge is 2.14. The Bertz CT molecular complexity index is 493. The molecule has 1 aliphatic heterocycles. The molecule has 0 aromatic heterocycles. The number of nitrogens with one attached hydrogen (secondary N) is 2. The highest BCUT2D eigenvalue weighted by Crippen LogP contribution is 2.20. The first-order chi connectivity index (χ1) is 9.33. The van der Waals surface area contributed by atoms with Crippen molar-refractivity contribution in [3.8, 4) is 11.8 Å². The molecule has 19 heavy (non-hydrogen) atoms. The number of benzene rings is 1. The molecule has 1 aromatic rings. The summed E-state index contributed by atoms with van der Waals surface area (Å²) in [5.41, 5.74) is 2.76. The van der Waals surface area contributed by atoms with Crippen LogP contribution in [-0.2, 0) is 4.74 Å². The second-order valence-electron chi connectivity index (χ2n) is 4.60. The van der Waals surface area contributed by atoms with Gasteiger partial charge in [0.25, 0.3) is 0 Å². The normalized spacial score (nSPS) is 18.3. The van der Waals surface area contributed by atoms with Crippen LogP contribution in [0.4, 0.5) is 5.69 Å². The molecule has 0 bridgehead atoms. The van der Waals surface area contributed by atoms with Crippen LogP contribution in [0.3, 0.4) is 0 Å². The average molecular weight is 256 g/mol. The highest BCUT2D eigenvalue weighted by atomic mass is 16.5. The molecule has 0 radical (unpaired) electrons. The summed E-state index contributed by atoms with van der Waals surface area (Å²) in [4.78, 5) is 0. The predicted octanol–water partition coefficient (Wildman–Crippen LogP) is 3.38. The molecule has 2 rings (SSSR count). The monoisotopic (exact) mass is 256 g/mol. The number of hydrogen-bond donors (Lipinski definition) is 2. The molecule has 1 aliphatic rings. The van der Waals surface area contributed by atoms with Crippen LogP contribution < -0.4 is 5.32 Å². The van der Waals surface area contributed by atoms with E-state index in [9.17, 15) is 0 Å². The van der Waals surface area contributed by atoms with E-state index in [4.69, 9.17) is 10.1 Å². The molecule has 3 nitrogen and oxygen atoms in total. The molecule has 0 amide bonds. The van der Waals surface area contributed by atoms with Crippen molar-refractivity contribution in [1.82, 2.24) is 0 Å². The quantitative estimate of drug-likeness (QED) is 0.643. The minimum absolute atomic E-state index is 0.0695. The van der Waals surface area contributed by atoms with E-state index >= 15 is 0 Å². The summed E-state index contributed by atoms with van der Waals surface area (Å²) in [6, 6.07) is 5.92. The molecule has 1 atom stereocenters. The smallest absolute Gasteiger partial charge is 0.127 e. The van der Waals surface area contributed by atoms with E-state index in [-0.39, 0.29) is 6.23 Å². The van der Waals surface area contributed by atoms with E-state index in [1.807, 2.05) is 25.1 Å². The van der Waals surface area contributed by atoms with Gasteiger partial charge in [0.15, 0.2) is 0 Å². The zero-order valence-electron chi connectivity index (χ0n) is 11.3. The van der Waals surface area contributed by atoms with Gasteiger partial charge in [-0.1, -0.05) is 18.8 Å². The Hall–Kier alpha value is -1.79. The lowest BCUT2D eigenvalue weighted by molar-refractivity contribution is 0.0343. The van der Waals surface area contributed by atoms with Gasteiger partial charge in [0.1, 0.15) is 6.23 Å². The maximum absolute atomic E-state index is 7.52. The zero-order valence-corrected chi connectivity index (χ0v) is 11.3. The Morgan fingerprint density at radius 3 is 3.05 bits per heavy atom. The molecule has 1 fully saturated rings. The fraction of sp³-hybridized carbons (Fsp3) is 0.438. The lowest BCUT2D eigenvalue weighted by Crippen LogP contribution is -2.27. The number of anilines is 1. The van der Waals surface area contributed by atoms with Crippen molar-refractivity contribution in [1.29, 1.82) is 5.41 Å². The van der Waals surface area contributed by atoms with Crippen LogP contribution in [0.2, 0.25) is 0 Å². The van der Waals surface area contributed by atoms with Gasteiger partial charge in [-0.3, -0.25) is 0 Å². The van der Waals surface area contributed by atoms with Crippen molar-refractivity contribution in [3.63, 3.8) is 0 Å². The van der Waals surface area contributed by atoms with Gasteiger partial charge in [-0.25, -0.2) is 0 Å². The summed E-state index contributed by atoms with van der Waals surface area (Å²) in [6.07, 6.45) is 5.63. The third kappa shape index (κ3) is 3.84. The van der Waals surface area contributed by atoms with Crippen LogP contribution in [0.5, 0.6) is 0 Å². The topological polar surface area (TPSA) is 45.1 Å². The predicted molar refractivity (Wildman–Crippen MR) is 78.7 cm³/mol. The molecule has 1 heterocycles. The van der Waals surface area contributed by atoms with Gasteiger partial charge in [0.2, 0.25) is 0 Å². The van der Waals surface area contributed by atoms with Gasteiger partial charge >= 0.3 is 0 Å². The van der Waals surface area contributed by atoms with Gasteiger partial charge in [-0.15, -0.1) is 0 Å². The first kappa shape index (κ1) is 13.6. The zero-order chi connectivity index (χ0) is 13.5. The molecular weight excluding hydrogens is 236 g/mol. The van der Waals surface area contributed by atoms with E-state index < -0.39 is 0 Å². The number of hydrogen-bond acceptors (Lipinski definition) is 3. The largest absolute Gasteiger partial charge is 0.360 e. The van der Waals surface area contributed by atoms with Gasteiger partial charge in [-0.05, 0) is 37.5 Å². The summed E-state index contributed by atoms with van der Waals surface area (Å²) in [5, 5.41) is 10.9. The van der Waals surface area contributed by atoms with Crippen LogP contribution in [0.25, 0.3) is 0 Å². The second-order valence-corrected chi connectivity index (χ2v) is 4.60. The van der Waals surface area contributed by atoms with Crippen molar-refractivity contribution in [2.45, 2.75) is 38.8 Å². The van der Waals surface area contributed by atoms with Gasteiger partial charge in [-0.2, -0.15) is 0 Å². The molecule has 3 heteroatoms. The van der Waals surface area contributed by atoms with Gasteiger partial charge in [0, 0.05) is 36.1 Å². The molecule has 0 saturated carbocycles. The van der Waals surface area contributed by atoms with E-state index in [2.05, 4.69) is 17.2 Å². The van der Waals surface area contributed by atoms with Crippen molar-refractivity contribution < 1.29 is 4.74 Å². The Labute approximate surface area is 114 Å². The maximum Gasteiger partial charge on any atom is 0.127 e. The Morgan fingerprint density at radius 2 is 2.37 bits per heavy atom. The van der Waals surface area contributed by atoms with Crippen LogP contribution in [0, 0.1) is 17.3 Å². The summed E-state index contributed by atoms with van der Waals surface area (Å²) >= 11 is 0. The summed E-state index contributed by atoms with van der Waals surface area (Å²) in [6.45, 7) is 2.85. The summed E-state index contributed by atoms with van der Waals surface area (Å²) in [7, 11) is 0. The summed E-state index contributed by atoms with van der Waals surface area (Å²) in [5.74, 6) is 6.13. The third-order valence-electron chi connectivity index (χ3n) is 3.11. The van der Waals surface area contributed by atoms with E-state index in [1.165, 1.54) is 12.6 Å². The van der Waals surface area contributed by atoms with Crippen LogP contribution in [0.1, 0.15) is 43.7 Å². The molecular formula is C16H20N2O. The van der Waals surface area contributed by atoms with Crippen LogP contribution in [-0.4, -0.2) is 19.0 Å². The first-order valence-corrected chi connectivity index (χ1v) is 6.85. The second kappa shape index (κ2) is 6.96. The Morgan fingerprint density at radius 1 is 1.47 bits per heavy atom. The van der Waals surface area contributed by atoms with E-state index in [0.717, 1.165) is 42.7 Å². The van der Waals surface area contributed by atoms with E-state index in [0.29, 0.717) is 0 Å². The van der Waals surface area contributed by atoms with Gasteiger partial charge < -0.3 is 15.5 Å². The van der Waals surface area contributed by atoms with Crippen molar-refractivity contribution in [2.24, 2.45) is 0 Å². The molecule has 2 N–H and O–H groups in total. The molecule has 0 aliphatic carbocycles. The highest BCUT2D eigenvalue weighted by molar-refractivity contribution is 5.86. The fourth-order valence-electron chi connectivity index (χ4n) is 2.11. The lowest BCUT2D eigenvalue weighted by atomic mass is 10.1. The first-order valence-electron chi connectivity index (χ1n) is 6.85.